The molecule has 232 valence electrons. The zero-order valence-electron chi connectivity index (χ0n) is 23.9. The van der Waals surface area contributed by atoms with Crippen molar-refractivity contribution in [3.05, 3.63) is 87.0 Å². The van der Waals surface area contributed by atoms with Crippen LogP contribution in [-0.2, 0) is 20.6 Å². The van der Waals surface area contributed by atoms with Crippen LogP contribution in [0.4, 0.5) is 10.6 Å². The van der Waals surface area contributed by atoms with E-state index in [1.54, 1.807) is 54.3 Å². The molecular weight excluding hydrogens is 625 g/mol. The van der Waals surface area contributed by atoms with Gasteiger partial charge in [0.2, 0.25) is 0 Å². The molecule has 5 heterocycles. The predicted octanol–water partition coefficient (Wildman–Crippen LogP) is 4.33. The fourth-order valence-electron chi connectivity index (χ4n) is 5.12. The van der Waals surface area contributed by atoms with E-state index < -0.39 is 6.09 Å². The Morgan fingerprint density at radius 1 is 1.09 bits per heavy atom. The number of nitrogens with one attached hydrogen (secondary N) is 2. The van der Waals surface area contributed by atoms with E-state index in [0.29, 0.717) is 70.4 Å². The number of aromatic nitrogens is 8. The fourth-order valence-corrected chi connectivity index (χ4v) is 5.54. The van der Waals surface area contributed by atoms with Crippen molar-refractivity contribution < 1.29 is 19.0 Å². The minimum atomic E-state index is -0.652. The first kappa shape index (κ1) is 30.4. The first-order valence-electron chi connectivity index (χ1n) is 13.9. The molecule has 2 N–H and O–H groups in total. The summed E-state index contributed by atoms with van der Waals surface area (Å²) in [6, 6.07) is 11.9. The van der Waals surface area contributed by atoms with E-state index in [0.717, 1.165) is 11.3 Å². The van der Waals surface area contributed by atoms with Crippen molar-refractivity contribution in [1.82, 2.24) is 39.7 Å². The lowest BCUT2D eigenvalue weighted by molar-refractivity contribution is 0.0447. The van der Waals surface area contributed by atoms with Gasteiger partial charge in [-0.1, -0.05) is 23.2 Å². The third kappa shape index (κ3) is 6.73. The van der Waals surface area contributed by atoms with Crippen molar-refractivity contribution in [3.63, 3.8) is 0 Å². The SMILES string of the molecule is COCCOCCOC(=O)Nc1ccc(-c2nc([C@@H]3CCc4cc(-c5cc(Cl)ccc5-n5cnnn5)cc(=O)n43)[nH]c2Cl)cn1. The number of aryl methyl sites for hydroxylation is 1. The number of H-pyrrole nitrogens is 1. The van der Waals surface area contributed by atoms with Gasteiger partial charge in [-0.25, -0.2) is 14.8 Å². The summed E-state index contributed by atoms with van der Waals surface area (Å²) in [7, 11) is 1.58. The monoisotopic (exact) mass is 651 g/mol. The Kier molecular flexibility index (Phi) is 9.16. The second-order valence-electron chi connectivity index (χ2n) is 10.00. The summed E-state index contributed by atoms with van der Waals surface area (Å²) in [4.78, 5) is 37.7. The van der Waals surface area contributed by atoms with Crippen LogP contribution in [0.25, 0.3) is 28.1 Å². The number of methoxy groups -OCH3 is 1. The number of fused-ring (bicyclic) bond motifs is 1. The van der Waals surface area contributed by atoms with Crippen LogP contribution in [0, 0.1) is 0 Å². The molecule has 0 saturated heterocycles. The molecule has 0 fully saturated rings. The summed E-state index contributed by atoms with van der Waals surface area (Å²) in [5.41, 5.74) is 3.90. The van der Waals surface area contributed by atoms with E-state index in [2.05, 4.69) is 30.8 Å². The Bertz CT molecular complexity index is 1860. The number of hydrogen-bond donors (Lipinski definition) is 2. The van der Waals surface area contributed by atoms with Gasteiger partial charge in [-0.05, 0) is 65.2 Å². The maximum Gasteiger partial charge on any atom is 0.412 e. The average Bonchev–Trinajstić information content (AvgIpc) is 3.80. The first-order chi connectivity index (χ1) is 21.9. The Balaban J connectivity index is 1.17. The molecule has 0 radical (unpaired) electrons. The lowest BCUT2D eigenvalue weighted by Gasteiger charge is -2.15. The third-order valence-corrected chi connectivity index (χ3v) is 7.66. The van der Waals surface area contributed by atoms with E-state index in [1.807, 2.05) is 6.07 Å². The van der Waals surface area contributed by atoms with Crippen LogP contribution in [0.15, 0.2) is 59.8 Å². The molecule has 45 heavy (non-hydrogen) atoms. The number of halogens is 2. The number of tetrazole rings is 1. The Morgan fingerprint density at radius 2 is 1.96 bits per heavy atom. The number of benzene rings is 1. The number of imidazole rings is 1. The second kappa shape index (κ2) is 13.6. The summed E-state index contributed by atoms with van der Waals surface area (Å²) in [5.74, 6) is 0.852. The van der Waals surface area contributed by atoms with Crippen molar-refractivity contribution in [1.29, 1.82) is 0 Å². The van der Waals surface area contributed by atoms with Gasteiger partial charge in [0.1, 0.15) is 35.4 Å². The van der Waals surface area contributed by atoms with Crippen LogP contribution in [0.3, 0.4) is 0 Å². The quantitative estimate of drug-likeness (QED) is 0.196. The summed E-state index contributed by atoms with van der Waals surface area (Å²) in [5, 5.41) is 14.8. The number of aromatic amines is 1. The van der Waals surface area contributed by atoms with Gasteiger partial charge in [0.05, 0.1) is 31.5 Å². The van der Waals surface area contributed by atoms with Gasteiger partial charge in [0.25, 0.3) is 5.56 Å². The lowest BCUT2D eigenvalue weighted by atomic mass is 10.0. The second-order valence-corrected chi connectivity index (χ2v) is 10.8. The molecule has 4 aromatic heterocycles. The summed E-state index contributed by atoms with van der Waals surface area (Å²) in [6.45, 7) is 1.23. The van der Waals surface area contributed by atoms with Crippen LogP contribution < -0.4 is 10.9 Å². The van der Waals surface area contributed by atoms with Crippen molar-refractivity contribution in [2.75, 3.05) is 38.9 Å². The van der Waals surface area contributed by atoms with Gasteiger partial charge < -0.3 is 23.8 Å². The van der Waals surface area contributed by atoms with Crippen LogP contribution in [0.5, 0.6) is 0 Å². The Labute approximate surface area is 266 Å². The largest absolute Gasteiger partial charge is 0.447 e. The van der Waals surface area contributed by atoms with Gasteiger partial charge in [-0.3, -0.25) is 10.1 Å². The topological polar surface area (TPSA) is 164 Å². The highest BCUT2D eigenvalue weighted by Crippen LogP contribution is 2.36. The number of pyridine rings is 2. The summed E-state index contributed by atoms with van der Waals surface area (Å²) < 4.78 is 18.5. The number of hydrogen-bond acceptors (Lipinski definition) is 10. The van der Waals surface area contributed by atoms with Crippen molar-refractivity contribution in [2.45, 2.75) is 18.9 Å². The summed E-state index contributed by atoms with van der Waals surface area (Å²) >= 11 is 12.9. The number of ether oxygens (including phenoxy) is 3. The molecule has 0 spiro atoms. The molecule has 16 heteroatoms. The molecule has 0 aliphatic carbocycles. The normalized spacial score (nSPS) is 14.0. The zero-order chi connectivity index (χ0) is 31.3. The zero-order valence-corrected chi connectivity index (χ0v) is 25.5. The molecule has 5 aromatic rings. The van der Waals surface area contributed by atoms with Crippen molar-refractivity contribution in [2.24, 2.45) is 0 Å². The van der Waals surface area contributed by atoms with Crippen molar-refractivity contribution in [3.8, 4) is 28.1 Å². The lowest BCUT2D eigenvalue weighted by Crippen LogP contribution is -2.24. The van der Waals surface area contributed by atoms with Gasteiger partial charge in [-0.2, -0.15) is 4.68 Å². The molecule has 0 bridgehead atoms. The van der Waals surface area contributed by atoms with Crippen LogP contribution in [0.2, 0.25) is 10.2 Å². The number of nitrogens with zero attached hydrogens (tertiary/aromatic N) is 7. The first-order valence-corrected chi connectivity index (χ1v) is 14.7. The number of carbonyl (C=O) groups excluding carboxylic acids is 1. The van der Waals surface area contributed by atoms with E-state index in [-0.39, 0.29) is 24.8 Å². The molecule has 0 unspecified atom stereocenters. The van der Waals surface area contributed by atoms with Gasteiger partial charge in [0.15, 0.2) is 0 Å². The van der Waals surface area contributed by atoms with E-state index in [1.165, 1.54) is 11.0 Å². The summed E-state index contributed by atoms with van der Waals surface area (Å²) in [6.07, 6.45) is 3.68. The van der Waals surface area contributed by atoms with Crippen LogP contribution in [0.1, 0.15) is 24.0 Å². The van der Waals surface area contributed by atoms with Gasteiger partial charge >= 0.3 is 6.09 Å². The van der Waals surface area contributed by atoms with E-state index in [9.17, 15) is 9.59 Å². The molecule has 1 amide bonds. The fraction of sp³-hybridized carbons (Fsp3) is 0.276. The average molecular weight is 652 g/mol. The molecular formula is C29H27Cl2N9O5. The minimum Gasteiger partial charge on any atom is -0.447 e. The highest BCUT2D eigenvalue weighted by molar-refractivity contribution is 6.32. The predicted molar refractivity (Wildman–Crippen MR) is 165 cm³/mol. The maximum atomic E-state index is 13.5. The number of amides is 1. The minimum absolute atomic E-state index is 0.0936. The van der Waals surface area contributed by atoms with E-state index in [4.69, 9.17) is 42.4 Å². The Morgan fingerprint density at radius 3 is 2.73 bits per heavy atom. The Hall–Kier alpha value is -4.63. The molecule has 1 aromatic carbocycles. The number of rotatable bonds is 11. The molecule has 14 nitrogen and oxygen atoms in total. The highest BCUT2D eigenvalue weighted by atomic mass is 35.5. The standard InChI is InChI=1S/C29H27Cl2N9O5/c1-43-8-9-44-10-11-45-29(42)34-24-7-2-17(15-32-24)26-27(31)36-28(35-26)23-6-4-20-12-18(13-25(41)40(20)23)21-14-19(30)3-5-22(21)39-16-33-37-38-39/h2-3,5,7,12-16,23H,4,6,8-11H2,1H3,(H,35,36)(H,32,34,42)/t23-/m0/s1. The van der Waals surface area contributed by atoms with Gasteiger partial charge in [-0.15, -0.1) is 5.10 Å². The molecule has 6 rings (SSSR count). The molecule has 0 saturated carbocycles. The maximum absolute atomic E-state index is 13.5. The van der Waals surface area contributed by atoms with Crippen molar-refractivity contribution >= 4 is 35.1 Å². The molecule has 1 atom stereocenters. The smallest absolute Gasteiger partial charge is 0.412 e. The number of carbonyl (C=O) groups is 1. The van der Waals surface area contributed by atoms with Crippen LogP contribution >= 0.6 is 23.2 Å². The third-order valence-electron chi connectivity index (χ3n) is 7.15. The van der Waals surface area contributed by atoms with E-state index >= 15 is 0 Å². The van der Waals surface area contributed by atoms with Crippen LogP contribution in [-0.4, -0.2) is 79.4 Å². The highest BCUT2D eigenvalue weighted by Gasteiger charge is 2.29. The number of anilines is 1. The van der Waals surface area contributed by atoms with Gasteiger partial charge in [0, 0.05) is 41.2 Å². The molecule has 1 aliphatic heterocycles. The molecule has 1 aliphatic rings.